The molecule has 9 nitrogen and oxygen atoms in total. The normalized spacial score (nSPS) is 15.4. The number of ether oxygens (including phenoxy) is 2. The first-order valence-corrected chi connectivity index (χ1v) is 10.2. The summed E-state index contributed by atoms with van der Waals surface area (Å²) in [5, 5.41) is 0. The van der Waals surface area contributed by atoms with Gasteiger partial charge in [0.05, 0.1) is 30.1 Å². The summed E-state index contributed by atoms with van der Waals surface area (Å²) in [4.78, 5) is 41.6. The van der Waals surface area contributed by atoms with E-state index in [1.54, 1.807) is 47.4 Å². The Morgan fingerprint density at radius 1 is 1.00 bits per heavy atom. The molecule has 1 aliphatic heterocycles. The number of methoxy groups -OCH3 is 1. The van der Waals surface area contributed by atoms with E-state index in [2.05, 4.69) is 4.98 Å². The molecule has 3 amide bonds. The first-order valence-electron chi connectivity index (χ1n) is 10.2. The molecule has 3 aromatic rings. The van der Waals surface area contributed by atoms with Crippen LogP contribution in [0.4, 0.5) is 5.69 Å². The fraction of sp³-hybridized carbons (Fsp3) is 0.167. The van der Waals surface area contributed by atoms with Crippen molar-refractivity contribution in [1.82, 2.24) is 4.98 Å². The van der Waals surface area contributed by atoms with Gasteiger partial charge in [-0.05, 0) is 35.9 Å². The molecule has 1 aliphatic rings. The monoisotopic (exact) mass is 446 g/mol. The van der Waals surface area contributed by atoms with Gasteiger partial charge in [0.15, 0.2) is 11.5 Å². The maximum Gasteiger partial charge on any atom is 0.252 e. The molecular weight excluding hydrogens is 424 g/mol. The van der Waals surface area contributed by atoms with Crippen LogP contribution in [0.3, 0.4) is 0 Å². The highest BCUT2D eigenvalue weighted by Crippen LogP contribution is 2.38. The summed E-state index contributed by atoms with van der Waals surface area (Å²) in [5.41, 5.74) is 12.6. The van der Waals surface area contributed by atoms with Crippen LogP contribution in [0.25, 0.3) is 0 Å². The van der Waals surface area contributed by atoms with E-state index in [1.807, 2.05) is 6.07 Å². The molecule has 0 unspecified atom stereocenters. The van der Waals surface area contributed by atoms with Crippen molar-refractivity contribution in [2.75, 3.05) is 18.6 Å². The van der Waals surface area contributed by atoms with Crippen LogP contribution in [0, 0.1) is 0 Å². The number of para-hydroxylation sites is 1. The van der Waals surface area contributed by atoms with Crippen LogP contribution in [0.2, 0.25) is 0 Å². The lowest BCUT2D eigenvalue weighted by atomic mass is 9.98. The SMILES string of the molecule is COc1ccc([C@H]2CC(=O)N(c3cncc(C(N)=O)c3)C2)cc1Oc1ccccc1C(N)=O. The third-order valence-corrected chi connectivity index (χ3v) is 5.48. The molecule has 2 aromatic carbocycles. The molecule has 2 heterocycles. The lowest BCUT2D eigenvalue weighted by molar-refractivity contribution is -0.117. The Morgan fingerprint density at radius 2 is 1.79 bits per heavy atom. The van der Waals surface area contributed by atoms with Crippen LogP contribution in [0.1, 0.15) is 38.6 Å². The quantitative estimate of drug-likeness (QED) is 0.572. The van der Waals surface area contributed by atoms with Crippen molar-refractivity contribution in [2.45, 2.75) is 12.3 Å². The predicted octanol–water partition coefficient (Wildman–Crippen LogP) is 2.60. The number of rotatable bonds is 7. The van der Waals surface area contributed by atoms with Gasteiger partial charge in [0, 0.05) is 25.1 Å². The molecule has 0 radical (unpaired) electrons. The van der Waals surface area contributed by atoms with Gasteiger partial charge < -0.3 is 25.8 Å². The van der Waals surface area contributed by atoms with Crippen molar-refractivity contribution >= 4 is 23.4 Å². The largest absolute Gasteiger partial charge is 0.493 e. The maximum absolute atomic E-state index is 12.7. The Morgan fingerprint density at radius 3 is 2.52 bits per heavy atom. The number of pyridine rings is 1. The van der Waals surface area contributed by atoms with Gasteiger partial charge in [-0.25, -0.2) is 0 Å². The summed E-state index contributed by atoms with van der Waals surface area (Å²) >= 11 is 0. The third-order valence-electron chi connectivity index (χ3n) is 5.48. The first-order chi connectivity index (χ1) is 15.9. The average Bonchev–Trinajstić information content (AvgIpc) is 3.21. The number of benzene rings is 2. The second kappa shape index (κ2) is 8.99. The summed E-state index contributed by atoms with van der Waals surface area (Å²) in [6, 6.07) is 13.6. The predicted molar refractivity (Wildman–Crippen MR) is 120 cm³/mol. The van der Waals surface area contributed by atoms with Crippen LogP contribution in [0.15, 0.2) is 60.9 Å². The molecule has 0 saturated carbocycles. The van der Waals surface area contributed by atoms with Gasteiger partial charge >= 0.3 is 0 Å². The minimum absolute atomic E-state index is 0.0965. The molecule has 1 saturated heterocycles. The lowest BCUT2D eigenvalue weighted by Crippen LogP contribution is -2.25. The summed E-state index contributed by atoms with van der Waals surface area (Å²) in [6.07, 6.45) is 3.15. The second-order valence-corrected chi connectivity index (χ2v) is 7.57. The van der Waals surface area contributed by atoms with Gasteiger partial charge in [0.2, 0.25) is 11.8 Å². The molecule has 33 heavy (non-hydrogen) atoms. The Balaban J connectivity index is 1.62. The molecule has 0 aliphatic carbocycles. The van der Waals surface area contributed by atoms with Gasteiger partial charge in [-0.3, -0.25) is 19.4 Å². The Labute approximate surface area is 189 Å². The van der Waals surface area contributed by atoms with E-state index in [-0.39, 0.29) is 29.4 Å². The van der Waals surface area contributed by atoms with Crippen LogP contribution in [-0.2, 0) is 4.79 Å². The van der Waals surface area contributed by atoms with E-state index in [0.717, 1.165) is 5.56 Å². The number of hydrogen-bond acceptors (Lipinski definition) is 6. The van der Waals surface area contributed by atoms with Crippen LogP contribution in [-0.4, -0.2) is 36.4 Å². The maximum atomic E-state index is 12.7. The molecule has 4 rings (SSSR count). The highest BCUT2D eigenvalue weighted by molar-refractivity contribution is 5.99. The van der Waals surface area contributed by atoms with Crippen molar-refractivity contribution in [2.24, 2.45) is 11.5 Å². The fourth-order valence-corrected chi connectivity index (χ4v) is 3.80. The average molecular weight is 446 g/mol. The second-order valence-electron chi connectivity index (χ2n) is 7.57. The van der Waals surface area contributed by atoms with E-state index in [0.29, 0.717) is 29.5 Å². The first kappa shape index (κ1) is 21.8. The number of nitrogens with two attached hydrogens (primary N) is 2. The fourth-order valence-electron chi connectivity index (χ4n) is 3.80. The molecule has 4 N–H and O–H groups in total. The number of primary amides is 2. The van der Waals surface area contributed by atoms with Crippen molar-refractivity contribution in [1.29, 1.82) is 0 Å². The van der Waals surface area contributed by atoms with E-state index in [4.69, 9.17) is 20.9 Å². The summed E-state index contributed by atoms with van der Waals surface area (Å²) in [6.45, 7) is 0.395. The van der Waals surface area contributed by atoms with Crippen molar-refractivity contribution in [3.63, 3.8) is 0 Å². The number of hydrogen-bond donors (Lipinski definition) is 2. The molecule has 168 valence electrons. The van der Waals surface area contributed by atoms with Gasteiger partial charge in [0.1, 0.15) is 5.75 Å². The number of anilines is 1. The number of aromatic nitrogens is 1. The van der Waals surface area contributed by atoms with Gasteiger partial charge in [0.25, 0.3) is 5.91 Å². The Bertz CT molecular complexity index is 1240. The zero-order valence-electron chi connectivity index (χ0n) is 17.9. The topological polar surface area (TPSA) is 138 Å². The highest BCUT2D eigenvalue weighted by atomic mass is 16.5. The molecular formula is C24H22N4O5. The summed E-state index contributed by atoms with van der Waals surface area (Å²) < 4.78 is 11.4. The van der Waals surface area contributed by atoms with E-state index in [1.165, 1.54) is 19.5 Å². The number of carbonyl (C=O) groups excluding carboxylic acids is 3. The van der Waals surface area contributed by atoms with Crippen LogP contribution < -0.4 is 25.8 Å². The molecule has 0 spiro atoms. The highest BCUT2D eigenvalue weighted by Gasteiger charge is 2.32. The van der Waals surface area contributed by atoms with Gasteiger partial charge in [-0.2, -0.15) is 0 Å². The van der Waals surface area contributed by atoms with Crippen LogP contribution in [0.5, 0.6) is 17.2 Å². The summed E-state index contributed by atoms with van der Waals surface area (Å²) in [5.74, 6) is -0.274. The number of amides is 3. The molecule has 9 heteroatoms. The van der Waals surface area contributed by atoms with Crippen molar-refractivity contribution < 1.29 is 23.9 Å². The minimum atomic E-state index is -0.610. The number of nitrogens with zero attached hydrogens (tertiary/aromatic N) is 2. The smallest absolute Gasteiger partial charge is 0.252 e. The lowest BCUT2D eigenvalue weighted by Gasteiger charge is -2.18. The molecule has 0 bridgehead atoms. The van der Waals surface area contributed by atoms with Crippen molar-refractivity contribution in [3.05, 3.63) is 77.6 Å². The van der Waals surface area contributed by atoms with Crippen molar-refractivity contribution in [3.8, 4) is 17.2 Å². The van der Waals surface area contributed by atoms with E-state index >= 15 is 0 Å². The summed E-state index contributed by atoms with van der Waals surface area (Å²) in [7, 11) is 1.52. The Kier molecular flexibility index (Phi) is 5.95. The third kappa shape index (κ3) is 4.47. The zero-order valence-corrected chi connectivity index (χ0v) is 17.9. The Hall–Kier alpha value is -4.40. The van der Waals surface area contributed by atoms with E-state index < -0.39 is 11.8 Å². The molecule has 1 atom stereocenters. The minimum Gasteiger partial charge on any atom is -0.493 e. The molecule has 1 aromatic heterocycles. The molecule has 1 fully saturated rings. The van der Waals surface area contributed by atoms with Gasteiger partial charge in [-0.15, -0.1) is 0 Å². The van der Waals surface area contributed by atoms with Crippen LogP contribution >= 0.6 is 0 Å². The van der Waals surface area contributed by atoms with Gasteiger partial charge in [-0.1, -0.05) is 18.2 Å². The zero-order chi connectivity index (χ0) is 23.5. The van der Waals surface area contributed by atoms with E-state index in [9.17, 15) is 14.4 Å². The standard InChI is InChI=1S/C24H22N4O5/c1-32-20-7-6-14(9-21(20)33-19-5-3-2-4-18(19)24(26)31)16-10-22(29)28(13-16)17-8-15(23(25)30)11-27-12-17/h2-9,11-12,16H,10,13H2,1H3,(H2,25,30)(H2,26,31)/t16-/m0/s1. The number of carbonyl (C=O) groups is 3.